The van der Waals surface area contributed by atoms with Gasteiger partial charge in [0.2, 0.25) is 0 Å². The number of benzene rings is 1. The Morgan fingerprint density at radius 1 is 1.11 bits per heavy atom. The number of methoxy groups -OCH3 is 1. The highest BCUT2D eigenvalue weighted by molar-refractivity contribution is 5.33. The number of aromatic nitrogens is 4. The standard InChI is InChI=1S/C21H32N6O/c1-3-19(21-22-23-24-27(21)18-9-5-6-10-18)26-14-12-25(13-15-26)16-17-8-4-7-11-20(17)28-2/h4,7-8,11,18-19H,3,5-6,9-10,12-16H2,1-2H3/t19-/m1/s1. The monoisotopic (exact) mass is 384 g/mol. The second-order valence-electron chi connectivity index (χ2n) is 7.97. The van der Waals surface area contributed by atoms with E-state index in [1.165, 1.54) is 31.2 Å². The summed E-state index contributed by atoms with van der Waals surface area (Å²) < 4.78 is 7.64. The Labute approximate surface area is 167 Å². The van der Waals surface area contributed by atoms with Gasteiger partial charge in [0.05, 0.1) is 19.2 Å². The molecular formula is C21H32N6O. The first-order valence-electron chi connectivity index (χ1n) is 10.7. The van der Waals surface area contributed by atoms with Crippen molar-refractivity contribution in [1.29, 1.82) is 0 Å². The quantitative estimate of drug-likeness (QED) is 0.731. The van der Waals surface area contributed by atoms with Gasteiger partial charge in [0, 0.05) is 38.3 Å². The number of hydrogen-bond acceptors (Lipinski definition) is 6. The number of piperazine rings is 1. The first-order chi connectivity index (χ1) is 13.8. The molecule has 2 fully saturated rings. The molecule has 2 aromatic rings. The van der Waals surface area contributed by atoms with Crippen molar-refractivity contribution in [2.45, 2.75) is 57.7 Å². The van der Waals surface area contributed by atoms with Gasteiger partial charge in [-0.25, -0.2) is 4.68 Å². The SMILES string of the molecule is CC[C@H](c1nnnn1C1CCCC1)N1CCN(Cc2ccccc2OC)CC1. The Balaban J connectivity index is 1.39. The van der Waals surface area contributed by atoms with Crippen molar-refractivity contribution in [1.82, 2.24) is 30.0 Å². The van der Waals surface area contributed by atoms with E-state index in [0.29, 0.717) is 12.1 Å². The van der Waals surface area contributed by atoms with Crippen molar-refractivity contribution >= 4 is 0 Å². The molecule has 0 N–H and O–H groups in total. The first-order valence-corrected chi connectivity index (χ1v) is 10.7. The van der Waals surface area contributed by atoms with Crippen LogP contribution < -0.4 is 4.74 Å². The van der Waals surface area contributed by atoms with Gasteiger partial charge in [-0.15, -0.1) is 5.10 Å². The average Bonchev–Trinajstić information content (AvgIpc) is 3.42. The fourth-order valence-corrected chi connectivity index (χ4v) is 4.74. The maximum Gasteiger partial charge on any atom is 0.168 e. The van der Waals surface area contributed by atoms with E-state index in [1.54, 1.807) is 7.11 Å². The van der Waals surface area contributed by atoms with Crippen LogP contribution in [0.2, 0.25) is 0 Å². The largest absolute Gasteiger partial charge is 0.496 e. The molecule has 152 valence electrons. The molecule has 1 aliphatic heterocycles. The number of nitrogens with zero attached hydrogens (tertiary/aromatic N) is 6. The number of tetrazole rings is 1. The lowest BCUT2D eigenvalue weighted by Crippen LogP contribution is -2.47. The number of rotatable bonds is 7. The molecule has 0 radical (unpaired) electrons. The summed E-state index contributed by atoms with van der Waals surface area (Å²) in [5.74, 6) is 2.04. The van der Waals surface area contributed by atoms with Crippen LogP contribution in [-0.2, 0) is 6.54 Å². The normalized spacial score (nSPS) is 20.5. The Morgan fingerprint density at radius 2 is 1.86 bits per heavy atom. The molecule has 2 heterocycles. The molecule has 7 heteroatoms. The smallest absolute Gasteiger partial charge is 0.168 e. The lowest BCUT2D eigenvalue weighted by atomic mass is 10.1. The van der Waals surface area contributed by atoms with Crippen LogP contribution in [0, 0.1) is 0 Å². The Kier molecular flexibility index (Phi) is 6.22. The van der Waals surface area contributed by atoms with Crippen molar-refractivity contribution in [2.24, 2.45) is 0 Å². The zero-order valence-electron chi connectivity index (χ0n) is 17.1. The summed E-state index contributed by atoms with van der Waals surface area (Å²) in [7, 11) is 1.75. The fraction of sp³-hybridized carbons (Fsp3) is 0.667. The van der Waals surface area contributed by atoms with E-state index in [1.807, 2.05) is 12.1 Å². The van der Waals surface area contributed by atoms with Gasteiger partial charge in [0.15, 0.2) is 5.82 Å². The minimum Gasteiger partial charge on any atom is -0.496 e. The van der Waals surface area contributed by atoms with E-state index in [0.717, 1.165) is 50.7 Å². The third-order valence-electron chi connectivity index (χ3n) is 6.31. The van der Waals surface area contributed by atoms with Crippen molar-refractivity contribution in [3.05, 3.63) is 35.7 Å². The maximum atomic E-state index is 5.51. The van der Waals surface area contributed by atoms with Gasteiger partial charge in [0.1, 0.15) is 5.75 Å². The van der Waals surface area contributed by atoms with Gasteiger partial charge in [-0.3, -0.25) is 9.80 Å². The van der Waals surface area contributed by atoms with Crippen LogP contribution >= 0.6 is 0 Å². The summed E-state index contributed by atoms with van der Waals surface area (Å²) in [5.41, 5.74) is 1.26. The highest BCUT2D eigenvalue weighted by Gasteiger charge is 2.30. The van der Waals surface area contributed by atoms with E-state index in [-0.39, 0.29) is 0 Å². The molecule has 0 spiro atoms. The predicted molar refractivity (Wildman–Crippen MR) is 108 cm³/mol. The highest BCUT2D eigenvalue weighted by atomic mass is 16.5. The van der Waals surface area contributed by atoms with E-state index in [4.69, 9.17) is 4.74 Å². The summed E-state index contributed by atoms with van der Waals surface area (Å²) in [6.45, 7) is 7.39. The number of ether oxygens (including phenoxy) is 1. The average molecular weight is 385 g/mol. The van der Waals surface area contributed by atoms with Crippen LogP contribution in [0.25, 0.3) is 0 Å². The minimum atomic E-state index is 0.309. The summed E-state index contributed by atoms with van der Waals surface area (Å²) in [5, 5.41) is 12.8. The molecule has 1 aromatic heterocycles. The van der Waals surface area contributed by atoms with E-state index in [2.05, 4.69) is 49.1 Å². The summed E-state index contributed by atoms with van der Waals surface area (Å²) in [6, 6.07) is 9.12. The van der Waals surface area contributed by atoms with Crippen molar-refractivity contribution < 1.29 is 4.74 Å². The zero-order chi connectivity index (χ0) is 19.3. The van der Waals surface area contributed by atoms with Gasteiger partial charge in [-0.05, 0) is 35.8 Å². The molecule has 1 atom stereocenters. The molecule has 1 saturated carbocycles. The van der Waals surface area contributed by atoms with Crippen LogP contribution in [0.4, 0.5) is 0 Å². The van der Waals surface area contributed by atoms with Gasteiger partial charge >= 0.3 is 0 Å². The predicted octanol–water partition coefficient (Wildman–Crippen LogP) is 3.07. The van der Waals surface area contributed by atoms with E-state index >= 15 is 0 Å². The van der Waals surface area contributed by atoms with Crippen LogP contribution in [0.1, 0.15) is 62.5 Å². The van der Waals surface area contributed by atoms with E-state index < -0.39 is 0 Å². The van der Waals surface area contributed by atoms with Gasteiger partial charge in [-0.2, -0.15) is 0 Å². The summed E-state index contributed by atoms with van der Waals surface area (Å²) in [4.78, 5) is 5.08. The second-order valence-corrected chi connectivity index (χ2v) is 7.97. The molecule has 0 unspecified atom stereocenters. The van der Waals surface area contributed by atoms with Crippen LogP contribution in [-0.4, -0.2) is 63.3 Å². The molecule has 0 amide bonds. The lowest BCUT2D eigenvalue weighted by Gasteiger charge is -2.38. The molecule has 4 rings (SSSR count). The molecule has 1 saturated heterocycles. The second kappa shape index (κ2) is 9.01. The Hall–Kier alpha value is -1.99. The fourth-order valence-electron chi connectivity index (χ4n) is 4.74. The van der Waals surface area contributed by atoms with Gasteiger partial charge in [-0.1, -0.05) is 38.0 Å². The van der Waals surface area contributed by atoms with Crippen LogP contribution in [0.5, 0.6) is 5.75 Å². The molecule has 1 aliphatic carbocycles. The van der Waals surface area contributed by atoms with Crippen molar-refractivity contribution in [3.63, 3.8) is 0 Å². The molecule has 7 nitrogen and oxygen atoms in total. The molecule has 2 aliphatic rings. The highest BCUT2D eigenvalue weighted by Crippen LogP contribution is 2.32. The third kappa shape index (κ3) is 4.05. The summed E-state index contributed by atoms with van der Waals surface area (Å²) in [6.07, 6.45) is 6.05. The van der Waals surface area contributed by atoms with Crippen LogP contribution in [0.15, 0.2) is 24.3 Å². The first kappa shape index (κ1) is 19.3. The molecular weight excluding hydrogens is 352 g/mol. The summed E-state index contributed by atoms with van der Waals surface area (Å²) >= 11 is 0. The maximum absolute atomic E-state index is 5.51. The lowest BCUT2D eigenvalue weighted by molar-refractivity contribution is 0.0829. The van der Waals surface area contributed by atoms with Gasteiger partial charge < -0.3 is 4.74 Å². The van der Waals surface area contributed by atoms with E-state index in [9.17, 15) is 0 Å². The van der Waals surface area contributed by atoms with Crippen molar-refractivity contribution in [2.75, 3.05) is 33.3 Å². The zero-order valence-corrected chi connectivity index (χ0v) is 17.1. The number of hydrogen-bond donors (Lipinski definition) is 0. The molecule has 0 bridgehead atoms. The number of para-hydroxylation sites is 1. The Morgan fingerprint density at radius 3 is 2.57 bits per heavy atom. The topological polar surface area (TPSA) is 59.3 Å². The molecule has 1 aromatic carbocycles. The van der Waals surface area contributed by atoms with Crippen LogP contribution in [0.3, 0.4) is 0 Å². The molecule has 28 heavy (non-hydrogen) atoms. The van der Waals surface area contributed by atoms with Gasteiger partial charge in [0.25, 0.3) is 0 Å². The van der Waals surface area contributed by atoms with Crippen molar-refractivity contribution in [3.8, 4) is 5.75 Å². The Bertz CT molecular complexity index is 749. The minimum absolute atomic E-state index is 0.309. The third-order valence-corrected chi connectivity index (χ3v) is 6.31.